The zero-order chi connectivity index (χ0) is 57.7. The molecule has 0 spiro atoms. The molecule has 6 aromatic carbocycles. The molecule has 0 radical (unpaired) electrons. The second-order valence-electron chi connectivity index (χ2n) is 21.6. The number of rotatable bonds is 41. The highest BCUT2D eigenvalue weighted by Crippen LogP contribution is 2.26. The fourth-order valence-electron chi connectivity index (χ4n) is 9.79. The summed E-state index contributed by atoms with van der Waals surface area (Å²) in [5.74, 6) is 0.0820. The van der Waals surface area contributed by atoms with Crippen molar-refractivity contribution >= 4 is 23.9 Å². The van der Waals surface area contributed by atoms with Crippen LogP contribution in [0, 0.1) is 0 Å². The van der Waals surface area contributed by atoms with Crippen LogP contribution in [0.5, 0.6) is 34.5 Å². The van der Waals surface area contributed by atoms with E-state index in [0.29, 0.717) is 24.5 Å². The molecule has 0 bridgehead atoms. The zero-order valence-corrected chi connectivity index (χ0v) is 49.2. The van der Waals surface area contributed by atoms with Crippen LogP contribution in [0.1, 0.15) is 235 Å². The average molecular weight is 1120 g/mol. The van der Waals surface area contributed by atoms with Crippen LogP contribution in [0.4, 0.5) is 0 Å². The molecule has 0 saturated heterocycles. The standard InChI is InChI=1S/C72H90O10/c1-3-5-7-9-11-13-15-17-19-21-23-25-27-29-54-77-63-44-38-58(39-45-63)57-34-36-59(37-35-57)69(73)79-65-46-42-61(43-47-65)71(75)82-68-33-31-32-62(56-68)72(76)81-66-48-40-60(41-49-66)70(74)80-67-52-50-64(51-53-67)78-55-30-28-26-24-22-20-18-16-14-12-10-8-6-4-2/h31-53,56H,3-30,54-55H2,1-2H3. The van der Waals surface area contributed by atoms with Gasteiger partial charge in [-0.15, -0.1) is 0 Å². The Morgan fingerprint density at radius 3 is 0.866 bits per heavy atom. The minimum absolute atomic E-state index is 0.126. The van der Waals surface area contributed by atoms with E-state index in [1.54, 1.807) is 48.5 Å². The van der Waals surface area contributed by atoms with Crippen LogP contribution in [0.25, 0.3) is 11.1 Å². The first-order valence-corrected chi connectivity index (χ1v) is 31.0. The highest BCUT2D eigenvalue weighted by Gasteiger charge is 2.16. The molecule has 10 heteroatoms. The zero-order valence-electron chi connectivity index (χ0n) is 49.2. The van der Waals surface area contributed by atoms with Crippen LogP contribution in [0.3, 0.4) is 0 Å². The predicted octanol–water partition coefficient (Wildman–Crippen LogP) is 20.0. The fraction of sp³-hybridized carbons (Fsp3) is 0.444. The third-order valence-electron chi connectivity index (χ3n) is 14.8. The van der Waals surface area contributed by atoms with Crippen molar-refractivity contribution in [2.45, 2.75) is 194 Å². The number of unbranched alkanes of at least 4 members (excludes halogenated alkanes) is 26. The van der Waals surface area contributed by atoms with E-state index in [1.807, 2.05) is 36.4 Å². The molecule has 0 heterocycles. The summed E-state index contributed by atoms with van der Waals surface area (Å²) in [6.45, 7) is 5.90. The quantitative estimate of drug-likeness (QED) is 0.0208. The van der Waals surface area contributed by atoms with Crippen LogP contribution in [0.15, 0.2) is 146 Å². The van der Waals surface area contributed by atoms with Crippen molar-refractivity contribution in [1.82, 2.24) is 0 Å². The number of esters is 4. The maximum atomic E-state index is 13.1. The monoisotopic (exact) mass is 1110 g/mol. The lowest BCUT2D eigenvalue weighted by molar-refractivity contribution is 0.0712. The molecule has 0 fully saturated rings. The van der Waals surface area contributed by atoms with E-state index in [2.05, 4.69) is 13.8 Å². The van der Waals surface area contributed by atoms with Crippen LogP contribution < -0.4 is 28.4 Å². The molecule has 0 atom stereocenters. The normalized spacial score (nSPS) is 11.0. The summed E-state index contributed by atoms with van der Waals surface area (Å²) in [5.41, 5.74) is 2.97. The van der Waals surface area contributed by atoms with Gasteiger partial charge < -0.3 is 28.4 Å². The molecular formula is C72H90O10. The van der Waals surface area contributed by atoms with Gasteiger partial charge in [-0.05, 0) is 139 Å². The lowest BCUT2D eigenvalue weighted by Gasteiger charge is -2.09. The first-order valence-electron chi connectivity index (χ1n) is 31.0. The van der Waals surface area contributed by atoms with Crippen LogP contribution in [0.2, 0.25) is 0 Å². The van der Waals surface area contributed by atoms with E-state index in [9.17, 15) is 19.2 Å². The predicted molar refractivity (Wildman–Crippen MR) is 329 cm³/mol. The molecule has 0 aromatic heterocycles. The second kappa shape index (κ2) is 38.5. The smallest absolute Gasteiger partial charge is 0.343 e. The first kappa shape index (κ1) is 64.0. The Bertz CT molecular complexity index is 2730. The Labute approximate surface area is 489 Å². The summed E-state index contributed by atoms with van der Waals surface area (Å²) < 4.78 is 34.2. The molecule has 0 N–H and O–H groups in total. The van der Waals surface area contributed by atoms with Gasteiger partial charge in [0, 0.05) is 0 Å². The molecule has 0 aliphatic rings. The summed E-state index contributed by atoms with van der Waals surface area (Å²) in [6.07, 6.45) is 37.0. The lowest BCUT2D eigenvalue weighted by atomic mass is 10.0. The largest absolute Gasteiger partial charge is 0.494 e. The van der Waals surface area contributed by atoms with E-state index in [0.717, 1.165) is 41.9 Å². The van der Waals surface area contributed by atoms with Gasteiger partial charge in [-0.2, -0.15) is 0 Å². The molecule has 82 heavy (non-hydrogen) atoms. The molecule has 10 nitrogen and oxygen atoms in total. The van der Waals surface area contributed by atoms with Gasteiger partial charge in [0.1, 0.15) is 34.5 Å². The van der Waals surface area contributed by atoms with Gasteiger partial charge in [0.25, 0.3) is 0 Å². The van der Waals surface area contributed by atoms with Gasteiger partial charge in [0.2, 0.25) is 0 Å². The minimum Gasteiger partial charge on any atom is -0.494 e. The molecule has 0 saturated carbocycles. The lowest BCUT2D eigenvalue weighted by Crippen LogP contribution is -2.12. The van der Waals surface area contributed by atoms with Crippen molar-refractivity contribution in [2.75, 3.05) is 13.2 Å². The maximum Gasteiger partial charge on any atom is 0.343 e. The van der Waals surface area contributed by atoms with Crippen molar-refractivity contribution < 1.29 is 47.6 Å². The summed E-state index contributed by atoms with van der Waals surface area (Å²) in [4.78, 5) is 52.2. The van der Waals surface area contributed by atoms with Crippen molar-refractivity contribution in [1.29, 1.82) is 0 Å². The van der Waals surface area contributed by atoms with Crippen molar-refractivity contribution in [3.63, 3.8) is 0 Å². The van der Waals surface area contributed by atoms with Crippen LogP contribution in [-0.4, -0.2) is 37.1 Å². The van der Waals surface area contributed by atoms with Gasteiger partial charge in [0.15, 0.2) is 0 Å². The van der Waals surface area contributed by atoms with Gasteiger partial charge in [0.05, 0.1) is 35.5 Å². The first-order chi connectivity index (χ1) is 40.3. The topological polar surface area (TPSA) is 124 Å². The molecule has 6 aromatic rings. The summed E-state index contributed by atoms with van der Waals surface area (Å²) in [7, 11) is 0. The Morgan fingerprint density at radius 1 is 0.256 bits per heavy atom. The number of hydrogen-bond acceptors (Lipinski definition) is 10. The van der Waals surface area contributed by atoms with Gasteiger partial charge >= 0.3 is 23.9 Å². The van der Waals surface area contributed by atoms with E-state index < -0.39 is 23.9 Å². The number of hydrogen-bond donors (Lipinski definition) is 0. The fourth-order valence-corrected chi connectivity index (χ4v) is 9.79. The number of ether oxygens (including phenoxy) is 6. The number of benzene rings is 6. The summed E-state index contributed by atoms with van der Waals surface area (Å²) in [6, 6.07) is 40.3. The van der Waals surface area contributed by atoms with E-state index in [-0.39, 0.29) is 33.9 Å². The van der Waals surface area contributed by atoms with Crippen LogP contribution in [-0.2, 0) is 0 Å². The molecule has 0 unspecified atom stereocenters. The van der Waals surface area contributed by atoms with E-state index in [1.165, 1.54) is 221 Å². The molecular weight excluding hydrogens is 1020 g/mol. The molecule has 0 aliphatic heterocycles. The second-order valence-corrected chi connectivity index (χ2v) is 21.6. The van der Waals surface area contributed by atoms with Gasteiger partial charge in [-0.25, -0.2) is 19.2 Å². The molecule has 0 aliphatic carbocycles. The molecule has 438 valence electrons. The number of carbonyl (C=O) groups is 4. The van der Waals surface area contributed by atoms with Crippen molar-refractivity contribution in [3.05, 3.63) is 168 Å². The van der Waals surface area contributed by atoms with Gasteiger partial charge in [-0.3, -0.25) is 0 Å². The third-order valence-corrected chi connectivity index (χ3v) is 14.8. The Morgan fingerprint density at radius 2 is 0.512 bits per heavy atom. The SMILES string of the molecule is CCCCCCCCCCCCCCCCOc1ccc(OC(=O)c2ccc(OC(=O)c3cccc(OC(=O)c4ccc(OC(=O)c5ccc(-c6ccc(OCCCCCCCCCCCCCCCC)cc6)cc5)cc4)c3)cc2)cc1. The van der Waals surface area contributed by atoms with E-state index >= 15 is 0 Å². The molecule has 6 rings (SSSR count). The van der Waals surface area contributed by atoms with Crippen molar-refractivity contribution in [2.24, 2.45) is 0 Å². The Balaban J connectivity index is 0.826. The third kappa shape index (κ3) is 24.9. The van der Waals surface area contributed by atoms with Crippen LogP contribution >= 0.6 is 0 Å². The number of carbonyl (C=O) groups excluding carboxylic acids is 4. The maximum absolute atomic E-state index is 13.1. The minimum atomic E-state index is -0.689. The molecule has 0 amide bonds. The summed E-state index contributed by atoms with van der Waals surface area (Å²) >= 11 is 0. The highest BCUT2D eigenvalue weighted by molar-refractivity contribution is 5.95. The average Bonchev–Trinajstić information content (AvgIpc) is 3.52. The Hall–Kier alpha value is -7.20. The van der Waals surface area contributed by atoms with E-state index in [4.69, 9.17) is 28.4 Å². The van der Waals surface area contributed by atoms with Gasteiger partial charge in [-0.1, -0.05) is 211 Å². The highest BCUT2D eigenvalue weighted by atomic mass is 16.5. The van der Waals surface area contributed by atoms with Crippen molar-refractivity contribution in [3.8, 4) is 45.6 Å². The Kier molecular flexibility index (Phi) is 30.0. The summed E-state index contributed by atoms with van der Waals surface area (Å²) in [5, 5.41) is 0.